The quantitative estimate of drug-likeness (QED) is 0.725. The molecule has 1 aromatic carbocycles. The summed E-state index contributed by atoms with van der Waals surface area (Å²) in [5.41, 5.74) is 5.77. The van der Waals surface area contributed by atoms with Gasteiger partial charge in [0, 0.05) is 12.6 Å². The van der Waals surface area contributed by atoms with E-state index >= 15 is 0 Å². The number of carbonyl (C=O) groups is 1. The second-order valence-electron chi connectivity index (χ2n) is 5.33. The number of halogens is 1. The Labute approximate surface area is 123 Å². The lowest BCUT2D eigenvalue weighted by Crippen LogP contribution is -2.44. The Hall–Kier alpha value is -1.82. The fraction of sp³-hybridized carbons (Fsp3) is 0.533. The molecule has 5 nitrogen and oxygen atoms in total. The van der Waals surface area contributed by atoms with E-state index in [-0.39, 0.29) is 17.3 Å². The van der Waals surface area contributed by atoms with Crippen LogP contribution in [0.4, 0.5) is 15.8 Å². The molecular formula is C15H22FN3O2. The van der Waals surface area contributed by atoms with Gasteiger partial charge in [-0.25, -0.2) is 9.18 Å². The van der Waals surface area contributed by atoms with Crippen molar-refractivity contribution >= 4 is 17.3 Å². The Morgan fingerprint density at radius 3 is 2.71 bits per heavy atom. The van der Waals surface area contributed by atoms with Crippen molar-refractivity contribution in [2.24, 2.45) is 0 Å². The number of piperidine rings is 1. The number of aromatic carboxylic acids is 1. The van der Waals surface area contributed by atoms with Crippen molar-refractivity contribution in [2.75, 3.05) is 30.3 Å². The molecule has 1 aliphatic heterocycles. The third-order valence-electron chi connectivity index (χ3n) is 3.91. The highest BCUT2D eigenvalue weighted by molar-refractivity contribution is 6.00. The largest absolute Gasteiger partial charge is 0.478 e. The molecule has 116 valence electrons. The van der Waals surface area contributed by atoms with Gasteiger partial charge in [0.05, 0.1) is 11.4 Å². The van der Waals surface area contributed by atoms with Crippen LogP contribution < -0.4 is 16.0 Å². The molecule has 4 N–H and O–H groups in total. The van der Waals surface area contributed by atoms with Crippen LogP contribution in [0.1, 0.15) is 36.5 Å². The summed E-state index contributed by atoms with van der Waals surface area (Å²) in [6.45, 7) is 4.59. The van der Waals surface area contributed by atoms with Gasteiger partial charge in [-0.1, -0.05) is 6.92 Å². The zero-order valence-corrected chi connectivity index (χ0v) is 12.2. The van der Waals surface area contributed by atoms with Gasteiger partial charge in [-0.3, -0.25) is 0 Å². The van der Waals surface area contributed by atoms with E-state index < -0.39 is 11.8 Å². The molecule has 1 heterocycles. The van der Waals surface area contributed by atoms with Crippen molar-refractivity contribution in [3.63, 3.8) is 0 Å². The molecule has 0 amide bonds. The summed E-state index contributed by atoms with van der Waals surface area (Å²) in [7, 11) is 0. The monoisotopic (exact) mass is 295 g/mol. The van der Waals surface area contributed by atoms with Crippen molar-refractivity contribution in [2.45, 2.75) is 32.2 Å². The lowest BCUT2D eigenvalue weighted by molar-refractivity contribution is 0.0698. The SMILES string of the molecule is CCCN(c1ccc(F)c(N)c1C(=O)O)C1CCNCC1. The van der Waals surface area contributed by atoms with Crippen LogP contribution >= 0.6 is 0 Å². The van der Waals surface area contributed by atoms with Crippen molar-refractivity contribution in [1.29, 1.82) is 0 Å². The van der Waals surface area contributed by atoms with Gasteiger partial charge in [0.25, 0.3) is 0 Å². The Bertz CT molecular complexity index is 516. The zero-order chi connectivity index (χ0) is 15.4. The van der Waals surface area contributed by atoms with E-state index in [0.29, 0.717) is 5.69 Å². The summed E-state index contributed by atoms with van der Waals surface area (Å²) in [4.78, 5) is 13.6. The maximum Gasteiger partial charge on any atom is 0.340 e. The molecule has 0 atom stereocenters. The van der Waals surface area contributed by atoms with E-state index in [4.69, 9.17) is 5.73 Å². The summed E-state index contributed by atoms with van der Waals surface area (Å²) in [6, 6.07) is 3.04. The molecule has 0 aliphatic carbocycles. The highest BCUT2D eigenvalue weighted by atomic mass is 19.1. The first-order valence-electron chi connectivity index (χ1n) is 7.34. The minimum absolute atomic E-state index is 0.123. The molecular weight excluding hydrogens is 273 g/mol. The highest BCUT2D eigenvalue weighted by Gasteiger charge is 2.26. The van der Waals surface area contributed by atoms with Crippen LogP contribution in [0.25, 0.3) is 0 Å². The van der Waals surface area contributed by atoms with Crippen LogP contribution in [-0.2, 0) is 0 Å². The molecule has 6 heteroatoms. The predicted octanol–water partition coefficient (Wildman–Crippen LogP) is 2.07. The zero-order valence-electron chi connectivity index (χ0n) is 12.2. The molecule has 1 aliphatic rings. The normalized spacial score (nSPS) is 15.9. The smallest absolute Gasteiger partial charge is 0.340 e. The lowest BCUT2D eigenvalue weighted by atomic mass is 10.0. The lowest BCUT2D eigenvalue weighted by Gasteiger charge is -2.37. The van der Waals surface area contributed by atoms with Gasteiger partial charge in [-0.2, -0.15) is 0 Å². The molecule has 0 radical (unpaired) electrons. The van der Waals surface area contributed by atoms with Crippen LogP contribution in [0.2, 0.25) is 0 Å². The van der Waals surface area contributed by atoms with Crippen LogP contribution in [0.3, 0.4) is 0 Å². The third-order valence-corrected chi connectivity index (χ3v) is 3.91. The van der Waals surface area contributed by atoms with Crippen molar-refractivity contribution in [1.82, 2.24) is 5.32 Å². The maximum absolute atomic E-state index is 13.6. The van der Waals surface area contributed by atoms with E-state index in [9.17, 15) is 14.3 Å². The molecule has 0 spiro atoms. The standard InChI is InChI=1S/C15H22FN3O2/c1-2-9-19(10-5-7-18-8-6-10)12-4-3-11(16)14(17)13(12)15(20)21/h3-4,10,18H,2,5-9,17H2,1H3,(H,20,21). The summed E-state index contributed by atoms with van der Waals surface area (Å²) < 4.78 is 13.6. The van der Waals surface area contributed by atoms with Gasteiger partial charge < -0.3 is 21.1 Å². The first kappa shape index (κ1) is 15.6. The number of nitrogens with zero attached hydrogens (tertiary/aromatic N) is 1. The fourth-order valence-corrected chi connectivity index (χ4v) is 2.91. The van der Waals surface area contributed by atoms with Crippen molar-refractivity contribution in [3.05, 3.63) is 23.5 Å². The number of nitrogen functional groups attached to an aromatic ring is 1. The average molecular weight is 295 g/mol. The summed E-state index contributed by atoms with van der Waals surface area (Å²) in [6.07, 6.45) is 2.77. The number of hydrogen-bond acceptors (Lipinski definition) is 4. The number of benzene rings is 1. The number of nitrogens with one attached hydrogen (secondary N) is 1. The molecule has 1 saturated heterocycles. The van der Waals surface area contributed by atoms with E-state index in [0.717, 1.165) is 38.9 Å². The topological polar surface area (TPSA) is 78.6 Å². The third kappa shape index (κ3) is 3.26. The second kappa shape index (κ2) is 6.76. The minimum Gasteiger partial charge on any atom is -0.478 e. The molecule has 1 fully saturated rings. The number of carboxylic acids is 1. The van der Waals surface area contributed by atoms with Gasteiger partial charge in [0.15, 0.2) is 0 Å². The highest BCUT2D eigenvalue weighted by Crippen LogP contribution is 2.31. The number of carboxylic acid groups (broad SMARTS) is 1. The Balaban J connectivity index is 2.44. The minimum atomic E-state index is -1.18. The number of hydrogen-bond donors (Lipinski definition) is 3. The van der Waals surface area contributed by atoms with E-state index in [2.05, 4.69) is 10.2 Å². The van der Waals surface area contributed by atoms with Crippen LogP contribution in [0.15, 0.2) is 12.1 Å². The summed E-state index contributed by atoms with van der Waals surface area (Å²) in [5.74, 6) is -1.87. The Kier molecular flexibility index (Phi) is 5.01. The van der Waals surface area contributed by atoms with E-state index in [1.807, 2.05) is 6.92 Å². The first-order chi connectivity index (χ1) is 10.1. The molecule has 0 unspecified atom stereocenters. The van der Waals surface area contributed by atoms with Gasteiger partial charge in [-0.15, -0.1) is 0 Å². The molecule has 0 bridgehead atoms. The number of anilines is 2. The molecule has 0 aromatic heterocycles. The Morgan fingerprint density at radius 1 is 1.48 bits per heavy atom. The fourth-order valence-electron chi connectivity index (χ4n) is 2.91. The van der Waals surface area contributed by atoms with Crippen LogP contribution in [0, 0.1) is 5.82 Å². The van der Waals surface area contributed by atoms with Gasteiger partial charge in [0.2, 0.25) is 0 Å². The van der Waals surface area contributed by atoms with E-state index in [1.54, 1.807) is 0 Å². The molecule has 1 aromatic rings. The van der Waals surface area contributed by atoms with Crippen LogP contribution in [0.5, 0.6) is 0 Å². The predicted molar refractivity (Wildman–Crippen MR) is 81.3 cm³/mol. The summed E-state index contributed by atoms with van der Waals surface area (Å²) in [5, 5.41) is 12.7. The number of rotatable bonds is 5. The first-order valence-corrected chi connectivity index (χ1v) is 7.34. The van der Waals surface area contributed by atoms with Gasteiger partial charge in [0.1, 0.15) is 11.4 Å². The Morgan fingerprint density at radius 2 is 2.14 bits per heavy atom. The molecule has 0 saturated carbocycles. The molecule has 21 heavy (non-hydrogen) atoms. The average Bonchev–Trinajstić information content (AvgIpc) is 2.48. The van der Waals surface area contributed by atoms with Crippen molar-refractivity contribution < 1.29 is 14.3 Å². The number of nitrogens with two attached hydrogens (primary N) is 1. The van der Waals surface area contributed by atoms with Crippen molar-refractivity contribution in [3.8, 4) is 0 Å². The second-order valence-corrected chi connectivity index (χ2v) is 5.33. The van der Waals surface area contributed by atoms with Gasteiger partial charge >= 0.3 is 5.97 Å². The molecule has 2 rings (SSSR count). The van der Waals surface area contributed by atoms with Gasteiger partial charge in [-0.05, 0) is 44.5 Å². The van der Waals surface area contributed by atoms with Crippen LogP contribution in [-0.4, -0.2) is 36.8 Å². The summed E-state index contributed by atoms with van der Waals surface area (Å²) >= 11 is 0. The van der Waals surface area contributed by atoms with E-state index in [1.165, 1.54) is 12.1 Å². The maximum atomic E-state index is 13.6.